The van der Waals surface area contributed by atoms with Crippen LogP contribution >= 0.6 is 11.8 Å². The summed E-state index contributed by atoms with van der Waals surface area (Å²) in [6.07, 6.45) is -0.897. The molecule has 0 aromatic heterocycles. The van der Waals surface area contributed by atoms with Gasteiger partial charge in [0, 0.05) is 30.1 Å². The number of ether oxygens (including phenoxy) is 1. The van der Waals surface area contributed by atoms with Crippen LogP contribution in [0.25, 0.3) is 0 Å². The summed E-state index contributed by atoms with van der Waals surface area (Å²) in [6.45, 7) is 6.57. The monoisotopic (exact) mass is 288 g/mol. The molecule has 0 bridgehead atoms. The van der Waals surface area contributed by atoms with E-state index in [0.29, 0.717) is 17.0 Å². The van der Waals surface area contributed by atoms with E-state index in [2.05, 4.69) is 13.8 Å². The molecule has 2 saturated heterocycles. The van der Waals surface area contributed by atoms with Gasteiger partial charge in [-0.2, -0.15) is 11.8 Å². The molecule has 6 nitrogen and oxygen atoms in total. The lowest BCUT2D eigenvalue weighted by atomic mass is 10.2. The third-order valence-electron chi connectivity index (χ3n) is 3.30. The van der Waals surface area contributed by atoms with Crippen LogP contribution in [0.15, 0.2) is 0 Å². The number of carboxylic acid groups (broad SMARTS) is 1. The smallest absolute Gasteiger partial charge is 0.334 e. The number of hydrogen-bond acceptors (Lipinski definition) is 4. The van der Waals surface area contributed by atoms with Gasteiger partial charge in [-0.25, -0.2) is 9.59 Å². The summed E-state index contributed by atoms with van der Waals surface area (Å²) >= 11 is 1.88. The molecule has 19 heavy (non-hydrogen) atoms. The van der Waals surface area contributed by atoms with Gasteiger partial charge in [-0.15, -0.1) is 0 Å². The van der Waals surface area contributed by atoms with E-state index in [9.17, 15) is 9.59 Å². The highest BCUT2D eigenvalue weighted by Gasteiger charge is 2.33. The van der Waals surface area contributed by atoms with Crippen LogP contribution < -0.4 is 0 Å². The number of amides is 2. The predicted molar refractivity (Wildman–Crippen MR) is 72.4 cm³/mol. The van der Waals surface area contributed by atoms with Crippen molar-refractivity contribution < 1.29 is 19.4 Å². The molecule has 3 unspecified atom stereocenters. The van der Waals surface area contributed by atoms with Crippen LogP contribution in [0.2, 0.25) is 0 Å². The summed E-state index contributed by atoms with van der Waals surface area (Å²) in [4.78, 5) is 26.8. The Hall–Kier alpha value is -0.950. The Morgan fingerprint density at radius 1 is 1.16 bits per heavy atom. The zero-order valence-electron chi connectivity index (χ0n) is 11.2. The van der Waals surface area contributed by atoms with Gasteiger partial charge >= 0.3 is 12.0 Å². The van der Waals surface area contributed by atoms with Crippen molar-refractivity contribution in [1.82, 2.24) is 9.80 Å². The maximum absolute atomic E-state index is 12.4. The molecule has 2 amide bonds. The molecule has 0 spiro atoms. The zero-order valence-corrected chi connectivity index (χ0v) is 12.1. The molecule has 2 rings (SSSR count). The van der Waals surface area contributed by atoms with Crippen molar-refractivity contribution in [2.75, 3.05) is 32.8 Å². The Bertz CT molecular complexity index is 356. The first-order valence-corrected chi connectivity index (χ1v) is 7.45. The van der Waals surface area contributed by atoms with Crippen LogP contribution in [-0.2, 0) is 9.53 Å². The van der Waals surface area contributed by atoms with Gasteiger partial charge in [-0.3, -0.25) is 0 Å². The molecule has 0 aromatic rings. The Kier molecular flexibility index (Phi) is 4.57. The molecule has 2 heterocycles. The number of hydrogen-bond donors (Lipinski definition) is 1. The molecule has 1 N–H and O–H groups in total. The van der Waals surface area contributed by atoms with Gasteiger partial charge in [0.2, 0.25) is 0 Å². The van der Waals surface area contributed by atoms with Crippen molar-refractivity contribution in [3.05, 3.63) is 0 Å². The molecule has 108 valence electrons. The normalized spacial score (nSPS) is 32.2. The second kappa shape index (κ2) is 6.00. The van der Waals surface area contributed by atoms with Crippen LogP contribution in [0.1, 0.15) is 13.8 Å². The predicted octanol–water partition coefficient (Wildman–Crippen LogP) is 0.718. The third-order valence-corrected chi connectivity index (χ3v) is 4.53. The highest BCUT2D eigenvalue weighted by atomic mass is 32.2. The van der Waals surface area contributed by atoms with Crippen LogP contribution in [-0.4, -0.2) is 76.3 Å². The molecule has 0 saturated carbocycles. The van der Waals surface area contributed by atoms with E-state index in [0.717, 1.165) is 13.1 Å². The van der Waals surface area contributed by atoms with Gasteiger partial charge in [-0.05, 0) is 0 Å². The van der Waals surface area contributed by atoms with Gasteiger partial charge in [0.15, 0.2) is 6.10 Å². The number of nitrogens with zero attached hydrogens (tertiary/aromatic N) is 2. The maximum Gasteiger partial charge on any atom is 0.334 e. The van der Waals surface area contributed by atoms with E-state index >= 15 is 0 Å². The van der Waals surface area contributed by atoms with Gasteiger partial charge < -0.3 is 19.6 Å². The first-order chi connectivity index (χ1) is 8.97. The van der Waals surface area contributed by atoms with Crippen LogP contribution in [0.5, 0.6) is 0 Å². The maximum atomic E-state index is 12.4. The largest absolute Gasteiger partial charge is 0.479 e. The van der Waals surface area contributed by atoms with Gasteiger partial charge in [0.1, 0.15) is 0 Å². The second-order valence-corrected chi connectivity index (χ2v) is 6.97. The van der Waals surface area contributed by atoms with E-state index in [4.69, 9.17) is 9.84 Å². The molecule has 2 aliphatic heterocycles. The number of morpholine rings is 1. The van der Waals surface area contributed by atoms with Gasteiger partial charge in [0.05, 0.1) is 13.2 Å². The van der Waals surface area contributed by atoms with Crippen LogP contribution in [0.4, 0.5) is 4.79 Å². The highest BCUT2D eigenvalue weighted by Crippen LogP contribution is 2.25. The number of thioether (sulfide) groups is 1. The standard InChI is InChI=1S/C12H20N2O4S/c1-8-5-14(6-9(2)19-8)12(17)13-3-4-18-10(7-13)11(15)16/h8-10H,3-7H2,1-2H3,(H,15,16). The van der Waals surface area contributed by atoms with E-state index in [1.165, 1.54) is 0 Å². The van der Waals surface area contributed by atoms with Crippen LogP contribution in [0.3, 0.4) is 0 Å². The lowest BCUT2D eigenvalue weighted by molar-refractivity contribution is -0.154. The number of aliphatic carboxylic acids is 1. The third kappa shape index (κ3) is 3.54. The van der Waals surface area contributed by atoms with Crippen LogP contribution in [0, 0.1) is 0 Å². The molecule has 3 atom stereocenters. The molecule has 0 aromatic carbocycles. The number of carbonyl (C=O) groups excluding carboxylic acids is 1. The fourth-order valence-electron chi connectivity index (χ4n) is 2.51. The Morgan fingerprint density at radius 2 is 1.79 bits per heavy atom. The van der Waals surface area contributed by atoms with Crippen molar-refractivity contribution in [1.29, 1.82) is 0 Å². The minimum absolute atomic E-state index is 0.0615. The second-order valence-electron chi connectivity index (χ2n) is 5.09. The lowest BCUT2D eigenvalue weighted by Crippen LogP contribution is -2.55. The van der Waals surface area contributed by atoms with Crippen molar-refractivity contribution in [2.45, 2.75) is 30.5 Å². The molecular weight excluding hydrogens is 268 g/mol. The Morgan fingerprint density at radius 3 is 2.37 bits per heavy atom. The summed E-state index contributed by atoms with van der Waals surface area (Å²) in [5, 5.41) is 9.79. The molecule has 2 fully saturated rings. The van der Waals surface area contributed by atoms with E-state index < -0.39 is 12.1 Å². The molecular formula is C12H20N2O4S. The van der Waals surface area contributed by atoms with Crippen molar-refractivity contribution in [3.8, 4) is 0 Å². The molecule has 2 aliphatic rings. The van der Waals surface area contributed by atoms with Gasteiger partial charge in [0.25, 0.3) is 0 Å². The fourth-order valence-corrected chi connectivity index (χ4v) is 3.83. The first kappa shape index (κ1) is 14.5. The topological polar surface area (TPSA) is 70.1 Å². The summed E-state index contributed by atoms with van der Waals surface area (Å²) in [5.41, 5.74) is 0. The average molecular weight is 288 g/mol. The van der Waals surface area contributed by atoms with Crippen molar-refractivity contribution >= 4 is 23.8 Å². The highest BCUT2D eigenvalue weighted by molar-refractivity contribution is 8.00. The number of urea groups is 1. The SMILES string of the molecule is CC1CN(C(=O)N2CCOC(C(=O)O)C2)CC(C)S1. The number of rotatable bonds is 1. The molecule has 0 aliphatic carbocycles. The zero-order chi connectivity index (χ0) is 14.0. The minimum Gasteiger partial charge on any atom is -0.479 e. The number of carbonyl (C=O) groups is 2. The number of carboxylic acids is 1. The van der Waals surface area contributed by atoms with Crippen molar-refractivity contribution in [3.63, 3.8) is 0 Å². The minimum atomic E-state index is -1.01. The Labute approximate surface area is 117 Å². The van der Waals surface area contributed by atoms with E-state index in [1.54, 1.807) is 4.90 Å². The molecule has 7 heteroatoms. The Balaban J connectivity index is 1.96. The van der Waals surface area contributed by atoms with Crippen molar-refractivity contribution in [2.24, 2.45) is 0 Å². The fraction of sp³-hybridized carbons (Fsp3) is 0.833. The lowest BCUT2D eigenvalue weighted by Gasteiger charge is -2.39. The van der Waals surface area contributed by atoms with E-state index in [-0.39, 0.29) is 19.2 Å². The van der Waals surface area contributed by atoms with Gasteiger partial charge in [-0.1, -0.05) is 13.8 Å². The first-order valence-electron chi connectivity index (χ1n) is 6.51. The molecule has 0 radical (unpaired) electrons. The van der Waals surface area contributed by atoms with E-state index in [1.807, 2.05) is 16.7 Å². The summed E-state index contributed by atoms with van der Waals surface area (Å²) in [7, 11) is 0. The summed E-state index contributed by atoms with van der Waals surface area (Å²) in [6, 6.07) is -0.0615. The average Bonchev–Trinajstić information content (AvgIpc) is 2.37. The summed E-state index contributed by atoms with van der Waals surface area (Å²) in [5.74, 6) is -1.01. The quantitative estimate of drug-likeness (QED) is 0.770. The summed E-state index contributed by atoms with van der Waals surface area (Å²) < 4.78 is 5.13.